The molecule has 0 atom stereocenters. The molecule has 94 valence electrons. The molecular formula is C14H16N2O2. The molecule has 18 heavy (non-hydrogen) atoms. The predicted molar refractivity (Wildman–Crippen MR) is 71.1 cm³/mol. The fourth-order valence-electron chi connectivity index (χ4n) is 1.87. The van der Waals surface area contributed by atoms with E-state index in [4.69, 9.17) is 0 Å². The first kappa shape index (κ1) is 12.4. The molecule has 0 saturated carbocycles. The van der Waals surface area contributed by atoms with Crippen molar-refractivity contribution in [3.63, 3.8) is 0 Å². The number of likely N-dealkylation sites (tertiary alicyclic amines) is 1. The number of likely N-dealkylation sites (N-methyl/N-ethyl adjacent to an activating group) is 1. The Morgan fingerprint density at radius 1 is 1.17 bits per heavy atom. The maximum absolute atomic E-state index is 11.7. The fourth-order valence-corrected chi connectivity index (χ4v) is 1.87. The maximum atomic E-state index is 11.7. The van der Waals surface area contributed by atoms with Crippen LogP contribution in [-0.2, 0) is 9.59 Å². The highest BCUT2D eigenvalue weighted by atomic mass is 16.2. The lowest BCUT2D eigenvalue weighted by Gasteiger charge is -2.11. The smallest absolute Gasteiger partial charge is 0.256 e. The molecule has 1 saturated heterocycles. The van der Waals surface area contributed by atoms with Crippen molar-refractivity contribution in [1.82, 2.24) is 4.90 Å². The van der Waals surface area contributed by atoms with Gasteiger partial charge in [-0.2, -0.15) is 0 Å². The average Bonchev–Trinajstić information content (AvgIpc) is 2.58. The van der Waals surface area contributed by atoms with E-state index in [0.29, 0.717) is 5.57 Å². The van der Waals surface area contributed by atoms with Crippen LogP contribution in [0.1, 0.15) is 12.0 Å². The standard InChI is InChI=1S/C14H16N2O2/c1-15(2)12-6-4-10(5-7-12)8-11-9-13(17)16(3)14(11)18/h4-8H,9H2,1-3H3/b11-8+. The van der Waals surface area contributed by atoms with Crippen LogP contribution in [0, 0.1) is 0 Å². The van der Waals surface area contributed by atoms with Gasteiger partial charge in [0.05, 0.1) is 6.42 Å². The molecule has 0 unspecified atom stereocenters. The Morgan fingerprint density at radius 3 is 2.22 bits per heavy atom. The Labute approximate surface area is 106 Å². The average molecular weight is 244 g/mol. The molecule has 0 N–H and O–H groups in total. The zero-order valence-corrected chi connectivity index (χ0v) is 10.8. The van der Waals surface area contributed by atoms with Crippen LogP contribution in [0.3, 0.4) is 0 Å². The minimum atomic E-state index is -0.198. The van der Waals surface area contributed by atoms with Crippen molar-refractivity contribution < 1.29 is 9.59 Å². The molecule has 0 bridgehead atoms. The summed E-state index contributed by atoms with van der Waals surface area (Å²) in [5.74, 6) is -0.340. The maximum Gasteiger partial charge on any atom is 0.256 e. The lowest BCUT2D eigenvalue weighted by Crippen LogP contribution is -2.23. The summed E-state index contributed by atoms with van der Waals surface area (Å²) in [5.41, 5.74) is 2.59. The van der Waals surface area contributed by atoms with Gasteiger partial charge in [-0.05, 0) is 23.8 Å². The number of amides is 2. The third kappa shape index (κ3) is 2.27. The van der Waals surface area contributed by atoms with Crippen molar-refractivity contribution in [2.75, 3.05) is 26.0 Å². The normalized spacial score (nSPS) is 17.7. The van der Waals surface area contributed by atoms with Crippen molar-refractivity contribution in [2.24, 2.45) is 0 Å². The molecule has 4 nitrogen and oxygen atoms in total. The van der Waals surface area contributed by atoms with Gasteiger partial charge in [0.15, 0.2) is 0 Å². The van der Waals surface area contributed by atoms with Gasteiger partial charge in [-0.25, -0.2) is 0 Å². The van der Waals surface area contributed by atoms with Gasteiger partial charge in [0, 0.05) is 32.4 Å². The first-order valence-electron chi connectivity index (χ1n) is 5.78. The van der Waals surface area contributed by atoms with Crippen molar-refractivity contribution in [2.45, 2.75) is 6.42 Å². The molecule has 1 aliphatic heterocycles. The molecule has 1 aromatic carbocycles. The third-order valence-electron chi connectivity index (χ3n) is 3.05. The van der Waals surface area contributed by atoms with E-state index in [1.54, 1.807) is 6.08 Å². The van der Waals surface area contributed by atoms with E-state index in [1.165, 1.54) is 11.9 Å². The molecule has 2 amide bonds. The summed E-state index contributed by atoms with van der Waals surface area (Å²) in [7, 11) is 5.46. The van der Waals surface area contributed by atoms with Gasteiger partial charge in [0.1, 0.15) is 0 Å². The first-order valence-corrected chi connectivity index (χ1v) is 5.78. The predicted octanol–water partition coefficient (Wildman–Crippen LogP) is 1.52. The molecular weight excluding hydrogens is 228 g/mol. The van der Waals surface area contributed by atoms with Gasteiger partial charge in [-0.15, -0.1) is 0 Å². The van der Waals surface area contributed by atoms with Crippen LogP contribution < -0.4 is 4.90 Å². The Bertz CT molecular complexity index is 515. The number of imide groups is 1. The zero-order chi connectivity index (χ0) is 13.3. The molecule has 0 aliphatic carbocycles. The summed E-state index contributed by atoms with van der Waals surface area (Å²) < 4.78 is 0. The van der Waals surface area contributed by atoms with Crippen molar-refractivity contribution in [1.29, 1.82) is 0 Å². The van der Waals surface area contributed by atoms with Gasteiger partial charge >= 0.3 is 0 Å². The van der Waals surface area contributed by atoms with Crippen LogP contribution in [0.2, 0.25) is 0 Å². The molecule has 1 heterocycles. The molecule has 2 rings (SSSR count). The molecule has 1 fully saturated rings. The van der Waals surface area contributed by atoms with Crippen LogP contribution in [0.15, 0.2) is 29.8 Å². The lowest BCUT2D eigenvalue weighted by molar-refractivity contribution is -0.135. The summed E-state index contributed by atoms with van der Waals surface area (Å²) in [6, 6.07) is 7.85. The van der Waals surface area contributed by atoms with Gasteiger partial charge in [0.25, 0.3) is 5.91 Å². The second-order valence-corrected chi connectivity index (χ2v) is 4.59. The van der Waals surface area contributed by atoms with Crippen LogP contribution >= 0.6 is 0 Å². The van der Waals surface area contributed by atoms with Gasteiger partial charge in [-0.1, -0.05) is 12.1 Å². The topological polar surface area (TPSA) is 40.6 Å². The van der Waals surface area contributed by atoms with Crippen molar-refractivity contribution in [3.8, 4) is 0 Å². The number of anilines is 1. The zero-order valence-electron chi connectivity index (χ0n) is 10.8. The number of carbonyl (C=O) groups excluding carboxylic acids is 2. The molecule has 0 spiro atoms. The highest BCUT2D eigenvalue weighted by Crippen LogP contribution is 2.21. The molecule has 0 radical (unpaired) electrons. The van der Waals surface area contributed by atoms with Gasteiger partial charge in [0.2, 0.25) is 5.91 Å². The van der Waals surface area contributed by atoms with E-state index in [-0.39, 0.29) is 18.2 Å². The van der Waals surface area contributed by atoms with Crippen LogP contribution in [-0.4, -0.2) is 37.9 Å². The summed E-state index contributed by atoms with van der Waals surface area (Å²) in [6.45, 7) is 0. The SMILES string of the molecule is CN1C(=O)C/C(=C\c2ccc(N(C)C)cc2)C1=O. The van der Waals surface area contributed by atoms with E-state index in [2.05, 4.69) is 0 Å². The van der Waals surface area contributed by atoms with E-state index < -0.39 is 0 Å². The van der Waals surface area contributed by atoms with Gasteiger partial charge < -0.3 is 4.90 Å². The monoisotopic (exact) mass is 244 g/mol. The van der Waals surface area contributed by atoms with Crippen LogP contribution in [0.25, 0.3) is 6.08 Å². The van der Waals surface area contributed by atoms with E-state index in [9.17, 15) is 9.59 Å². The highest BCUT2D eigenvalue weighted by molar-refractivity contribution is 6.15. The quantitative estimate of drug-likeness (QED) is 0.585. The number of hydrogen-bond donors (Lipinski definition) is 0. The Balaban J connectivity index is 2.24. The Morgan fingerprint density at radius 2 is 1.78 bits per heavy atom. The number of benzene rings is 1. The number of hydrogen-bond acceptors (Lipinski definition) is 3. The number of nitrogens with zero attached hydrogens (tertiary/aromatic N) is 2. The van der Waals surface area contributed by atoms with E-state index >= 15 is 0 Å². The summed E-state index contributed by atoms with van der Waals surface area (Å²) in [5, 5.41) is 0. The number of carbonyl (C=O) groups is 2. The van der Waals surface area contributed by atoms with E-state index in [0.717, 1.165) is 11.3 Å². The first-order chi connectivity index (χ1) is 8.49. The second-order valence-electron chi connectivity index (χ2n) is 4.59. The lowest BCUT2D eigenvalue weighted by atomic mass is 10.1. The third-order valence-corrected chi connectivity index (χ3v) is 3.05. The summed E-state index contributed by atoms with van der Waals surface area (Å²) in [4.78, 5) is 26.3. The Kier molecular flexibility index (Phi) is 3.19. The fraction of sp³-hybridized carbons (Fsp3) is 0.286. The minimum absolute atomic E-state index is 0.142. The summed E-state index contributed by atoms with van der Waals surface area (Å²) in [6.07, 6.45) is 1.98. The number of rotatable bonds is 2. The van der Waals surface area contributed by atoms with E-state index in [1.807, 2.05) is 43.3 Å². The van der Waals surface area contributed by atoms with Gasteiger partial charge in [-0.3, -0.25) is 14.5 Å². The minimum Gasteiger partial charge on any atom is -0.378 e. The van der Waals surface area contributed by atoms with Crippen molar-refractivity contribution in [3.05, 3.63) is 35.4 Å². The largest absolute Gasteiger partial charge is 0.378 e. The molecule has 1 aliphatic rings. The summed E-state index contributed by atoms with van der Waals surface area (Å²) >= 11 is 0. The second kappa shape index (κ2) is 4.64. The molecule has 1 aromatic rings. The highest BCUT2D eigenvalue weighted by Gasteiger charge is 2.30. The molecule has 4 heteroatoms. The van der Waals surface area contributed by atoms with Crippen molar-refractivity contribution >= 4 is 23.6 Å². The Hall–Kier alpha value is -2.10. The molecule has 0 aromatic heterocycles. The van der Waals surface area contributed by atoms with Crippen LogP contribution in [0.5, 0.6) is 0 Å². The van der Waals surface area contributed by atoms with Crippen LogP contribution in [0.4, 0.5) is 5.69 Å².